The molecule has 14 aliphatic rings. The Balaban J connectivity index is 0.000000125. The molecule has 20 rings (SSSR count). The highest BCUT2D eigenvalue weighted by Crippen LogP contribution is 3.01. The molecule has 16 nitrogen and oxygen atoms in total. The normalized spacial score (nSPS) is 36.0. The summed E-state index contributed by atoms with van der Waals surface area (Å²) in [5.74, 6) is 1.83. The first-order valence-electron chi connectivity index (χ1n) is 28.7. The van der Waals surface area contributed by atoms with Crippen molar-refractivity contribution >= 4 is 91.6 Å². The van der Waals surface area contributed by atoms with Crippen LogP contribution in [0.2, 0.25) is 0 Å². The summed E-state index contributed by atoms with van der Waals surface area (Å²) in [5.41, 5.74) is 11.7. The van der Waals surface area contributed by atoms with Crippen LogP contribution in [0, 0.1) is 66.6 Å². The number of aromatic hydroxyl groups is 2. The van der Waals surface area contributed by atoms with Gasteiger partial charge in [-0.2, -0.15) is 0 Å². The van der Waals surface area contributed by atoms with E-state index in [1.807, 2.05) is 62.3 Å². The Kier molecular flexibility index (Phi) is 8.36. The monoisotopic (exact) mass is 1120 g/mol. The molecule has 8 atom stereocenters. The van der Waals surface area contributed by atoms with E-state index in [1.165, 1.54) is 0 Å². The second kappa shape index (κ2) is 14.2. The van der Waals surface area contributed by atoms with Crippen LogP contribution in [0.3, 0.4) is 0 Å². The van der Waals surface area contributed by atoms with Crippen LogP contribution in [0.15, 0.2) is 60.5 Å². The number of likely N-dealkylation sites (tertiary alicyclic amines) is 2. The molecule has 8 saturated carbocycles. The molecule has 4 aliphatic heterocycles. The van der Waals surface area contributed by atoms with E-state index in [0.717, 1.165) is 104 Å². The molecule has 10 fully saturated rings. The van der Waals surface area contributed by atoms with Crippen LogP contribution in [0.4, 0.5) is 11.4 Å². The summed E-state index contributed by atoms with van der Waals surface area (Å²) in [7, 11) is 0. The van der Waals surface area contributed by atoms with Gasteiger partial charge < -0.3 is 49.7 Å². The van der Waals surface area contributed by atoms with Gasteiger partial charge in [-0.1, -0.05) is 0 Å². The number of hydrogen-bond acceptors (Lipinski definition) is 8. The molecule has 4 aromatic heterocycles. The van der Waals surface area contributed by atoms with Crippen LogP contribution in [0.5, 0.6) is 11.5 Å². The number of H-pyrrole nitrogens is 4. The number of ketones is 2. The third kappa shape index (κ3) is 5.08. The van der Waals surface area contributed by atoms with Gasteiger partial charge in [-0.15, -0.1) is 23.2 Å². The molecular formula is C63H58Cl2N8O8. The van der Waals surface area contributed by atoms with E-state index >= 15 is 0 Å². The summed E-state index contributed by atoms with van der Waals surface area (Å²) >= 11 is 12.8. The lowest BCUT2D eigenvalue weighted by atomic mass is 9.34. The van der Waals surface area contributed by atoms with Crippen LogP contribution >= 0.6 is 23.2 Å². The number of nitrogens with one attached hydrogen (secondary N) is 4. The van der Waals surface area contributed by atoms with Gasteiger partial charge in [-0.05, 0) is 135 Å². The lowest BCUT2D eigenvalue weighted by Crippen LogP contribution is -2.73. The lowest BCUT2D eigenvalue weighted by Gasteiger charge is -2.69. The van der Waals surface area contributed by atoms with Gasteiger partial charge in [0.05, 0.1) is 55.5 Å². The minimum Gasteiger partial charge on any atom is -0.506 e. The van der Waals surface area contributed by atoms with Crippen molar-refractivity contribution in [3.8, 4) is 11.5 Å². The number of carbonyl (C=O) groups excluding carboxylic acids is 6. The minimum atomic E-state index is -0.580. The van der Waals surface area contributed by atoms with Crippen molar-refractivity contribution in [2.75, 3.05) is 47.7 Å². The van der Waals surface area contributed by atoms with E-state index in [-0.39, 0.29) is 74.8 Å². The van der Waals surface area contributed by atoms with E-state index in [1.54, 1.807) is 34.1 Å². The van der Waals surface area contributed by atoms with E-state index in [9.17, 15) is 39.0 Å². The minimum absolute atomic E-state index is 0.00994. The maximum atomic E-state index is 14.2. The van der Waals surface area contributed by atoms with Crippen molar-refractivity contribution in [1.29, 1.82) is 0 Å². The zero-order valence-corrected chi connectivity index (χ0v) is 46.7. The second-order valence-electron chi connectivity index (χ2n) is 27.3. The van der Waals surface area contributed by atoms with Gasteiger partial charge in [-0.25, -0.2) is 0 Å². The molecule has 2 saturated heterocycles. The number of hydrogen-bond donors (Lipinski definition) is 6. The standard InChI is InChI=1S/C32H28N4O4.C31H30Cl2N4O4/c1-14-7-33-24-18(37)3-20-31(22(14)24)5-16(31)9-35(20)26(39)28-11-29(13-30(28,29)12-28)27(40)36-10-17-6-32(17)21(36)4-19(38)25-23(32)15(2)8-34-25;1-14-7-34-26-20(38)3-18-24(22(14)26)16(5-32)9-36(18)28(40)30-11-31(12-30,13-30)29(41)37-10-17(6-33)25-19(37)4-21(39)27-23(25)15(2)8-35-27/h3-4,7-8,16-17,33-34H,5-6,9-13H2,1-2H3;3-4,7-8,16-17,34-35,38-39H,5-6,9-13H2,1-2H3/t16-,17-,28?,29?,30?,31+,32+;16-,17-,30?,31?/m11/s1. The largest absolute Gasteiger partial charge is 0.506 e. The summed E-state index contributed by atoms with van der Waals surface area (Å²) in [4.78, 5) is 103. The van der Waals surface area contributed by atoms with Crippen LogP contribution in [-0.4, -0.2) is 113 Å². The SMILES string of the molecule is Cc1c[nH]c2c(O)cc3c(c12)[C@H](CCl)CN3C(=O)C12CC(C(=O)N3C[C@@H](CCl)c4c3cc(O)c3[nH]cc(C)c43)(C1)C2.Cc1c[nH]c2c1[C@@]13C[C@@H]1CN(C(=O)C14CC5(C(=O)N6C[C@H]7C[C@@]78C6=CC(=O)c6[nH]cc(C)c68)CC15C4)C3=CC2=O. The molecule has 18 heteroatoms. The van der Waals surface area contributed by atoms with Crippen molar-refractivity contribution in [2.45, 2.75) is 102 Å². The zero-order valence-electron chi connectivity index (χ0n) is 45.2. The number of aryl methyl sites for hydroxylation is 4. The van der Waals surface area contributed by atoms with Crippen molar-refractivity contribution < 1.29 is 39.0 Å². The Hall–Kier alpha value is -7.04. The summed E-state index contributed by atoms with van der Waals surface area (Å²) in [6.07, 6.45) is 16.6. The Labute approximate surface area is 474 Å². The first-order valence-corrected chi connectivity index (χ1v) is 29.8. The van der Waals surface area contributed by atoms with Gasteiger partial charge >= 0.3 is 0 Å². The quantitative estimate of drug-likeness (QED) is 0.0882. The molecule has 10 aliphatic carbocycles. The third-order valence-electron chi connectivity index (χ3n) is 23.6. The van der Waals surface area contributed by atoms with Gasteiger partial charge in [0.2, 0.25) is 35.2 Å². The smallest absolute Gasteiger partial charge is 0.233 e. The number of halogens is 2. The van der Waals surface area contributed by atoms with Gasteiger partial charge in [-0.3, -0.25) is 28.8 Å². The van der Waals surface area contributed by atoms with Gasteiger partial charge in [0.1, 0.15) is 11.5 Å². The number of anilines is 2. The molecule has 2 bridgehead atoms. The van der Waals surface area contributed by atoms with Crippen LogP contribution in [0.25, 0.3) is 21.8 Å². The number of fused-ring (bicyclic) bond motifs is 8. The number of alkyl halides is 2. The van der Waals surface area contributed by atoms with Crippen LogP contribution in [0.1, 0.15) is 129 Å². The molecule has 3 spiro atoms. The van der Waals surface area contributed by atoms with Crippen molar-refractivity contribution in [1.82, 2.24) is 29.7 Å². The molecule has 6 N–H and O–H groups in total. The number of phenols is 2. The second-order valence-corrected chi connectivity index (χ2v) is 27.9. The van der Waals surface area contributed by atoms with Crippen LogP contribution in [-0.2, 0) is 30.0 Å². The number of amides is 4. The molecule has 412 valence electrons. The molecule has 2 unspecified atom stereocenters. The Morgan fingerprint density at radius 1 is 0.543 bits per heavy atom. The zero-order chi connectivity index (χ0) is 55.5. The lowest BCUT2D eigenvalue weighted by molar-refractivity contribution is -0.205. The number of benzene rings is 2. The number of carbonyl (C=O) groups is 6. The first-order chi connectivity index (χ1) is 38.8. The number of aromatic nitrogens is 4. The molecule has 0 radical (unpaired) electrons. The molecule has 6 aromatic rings. The number of nitrogens with zero attached hydrogens (tertiary/aromatic N) is 4. The highest BCUT2D eigenvalue weighted by Gasteiger charge is 3.02. The van der Waals surface area contributed by atoms with E-state index in [2.05, 4.69) is 19.9 Å². The van der Waals surface area contributed by atoms with Gasteiger partial charge in [0.25, 0.3) is 0 Å². The van der Waals surface area contributed by atoms with Crippen molar-refractivity contribution in [2.24, 2.45) is 38.9 Å². The van der Waals surface area contributed by atoms with Crippen LogP contribution < -0.4 is 9.80 Å². The molecule has 81 heavy (non-hydrogen) atoms. The number of rotatable bonds is 6. The van der Waals surface area contributed by atoms with E-state index in [0.29, 0.717) is 97.9 Å². The summed E-state index contributed by atoms with van der Waals surface area (Å²) in [6, 6.07) is 3.35. The van der Waals surface area contributed by atoms with E-state index in [4.69, 9.17) is 23.2 Å². The fraction of sp³-hybridized carbons (Fsp3) is 0.460. The third-order valence-corrected chi connectivity index (χ3v) is 24.3. The summed E-state index contributed by atoms with van der Waals surface area (Å²) in [5, 5.41) is 23.4. The Morgan fingerprint density at radius 3 is 1.35 bits per heavy atom. The highest BCUT2D eigenvalue weighted by atomic mass is 35.5. The summed E-state index contributed by atoms with van der Waals surface area (Å²) < 4.78 is 0. The topological polar surface area (TPSA) is 219 Å². The average molecular weight is 1130 g/mol. The van der Waals surface area contributed by atoms with Crippen molar-refractivity contribution in [3.05, 3.63) is 116 Å². The Bertz CT molecular complexity index is 3950. The maximum absolute atomic E-state index is 14.2. The summed E-state index contributed by atoms with van der Waals surface area (Å²) in [6.45, 7) is 10.3. The highest BCUT2D eigenvalue weighted by molar-refractivity contribution is 6.20. The first kappa shape index (κ1) is 47.6. The Morgan fingerprint density at radius 2 is 0.951 bits per heavy atom. The van der Waals surface area contributed by atoms with Crippen molar-refractivity contribution in [3.63, 3.8) is 0 Å². The molecular weight excluding hydrogens is 1070 g/mol. The predicted octanol–water partition coefficient (Wildman–Crippen LogP) is 9.08. The number of allylic oxidation sites excluding steroid dienone is 4. The number of aromatic amines is 4. The van der Waals surface area contributed by atoms with Gasteiger partial charge in [0.15, 0.2) is 0 Å². The molecule has 4 amide bonds. The predicted molar refractivity (Wildman–Crippen MR) is 300 cm³/mol. The van der Waals surface area contributed by atoms with Gasteiger partial charge in [0, 0.05) is 137 Å². The average Bonchev–Trinajstić information content (AvgIpc) is 1.44. The number of piperidine rings is 2. The maximum Gasteiger partial charge on any atom is 0.233 e. The fourth-order valence-corrected chi connectivity index (χ4v) is 20.4. The fourth-order valence-electron chi connectivity index (χ4n) is 19.9. The van der Waals surface area contributed by atoms with E-state index < -0.39 is 21.7 Å². The molecule has 2 aromatic carbocycles. The number of phenolic OH excluding ortho intramolecular Hbond substituents is 2. The molecule has 8 heterocycles.